The maximum atomic E-state index is 8.95. The van der Waals surface area contributed by atoms with Crippen LogP contribution in [0.15, 0.2) is 36.4 Å². The summed E-state index contributed by atoms with van der Waals surface area (Å²) >= 11 is 8.17. The normalized spacial score (nSPS) is 9.90. The third-order valence-corrected chi connectivity index (χ3v) is 3.93. The van der Waals surface area contributed by atoms with Gasteiger partial charge < -0.3 is 10.1 Å². The van der Waals surface area contributed by atoms with Gasteiger partial charge in [0, 0.05) is 20.8 Å². The Morgan fingerprint density at radius 3 is 2.75 bits per heavy atom. The van der Waals surface area contributed by atoms with Crippen molar-refractivity contribution >= 4 is 39.9 Å². The number of methoxy groups -OCH3 is 1. The number of benzene rings is 2. The fourth-order valence-corrected chi connectivity index (χ4v) is 2.83. The fraction of sp³-hybridized carbons (Fsp3) is 0.133. The number of hydrogen-bond acceptors (Lipinski definition) is 3. The molecule has 0 saturated heterocycles. The lowest BCUT2D eigenvalue weighted by molar-refractivity contribution is 0.413. The molecule has 5 heteroatoms. The molecular weight excluding hydrogens is 387 g/mol. The second-order valence-corrected chi connectivity index (χ2v) is 5.72. The summed E-state index contributed by atoms with van der Waals surface area (Å²) in [5.41, 5.74) is 2.61. The summed E-state index contributed by atoms with van der Waals surface area (Å²) in [5, 5.41) is 13.0. The van der Waals surface area contributed by atoms with Crippen molar-refractivity contribution in [2.24, 2.45) is 0 Å². The molecule has 0 heterocycles. The maximum Gasteiger partial charge on any atom is 0.136 e. The second-order valence-electron chi connectivity index (χ2n) is 4.12. The number of ether oxygens (including phenoxy) is 1. The van der Waals surface area contributed by atoms with Crippen molar-refractivity contribution in [2.45, 2.75) is 6.54 Å². The zero-order chi connectivity index (χ0) is 14.5. The molecule has 0 aromatic heterocycles. The van der Waals surface area contributed by atoms with Crippen LogP contribution in [-0.4, -0.2) is 7.11 Å². The molecule has 0 bridgehead atoms. The van der Waals surface area contributed by atoms with Gasteiger partial charge >= 0.3 is 0 Å². The van der Waals surface area contributed by atoms with E-state index in [1.165, 1.54) is 0 Å². The molecule has 0 unspecified atom stereocenters. The lowest BCUT2D eigenvalue weighted by atomic mass is 10.1. The Kier molecular flexibility index (Phi) is 5.10. The van der Waals surface area contributed by atoms with Crippen LogP contribution in [0.2, 0.25) is 5.02 Å². The molecule has 0 atom stereocenters. The van der Waals surface area contributed by atoms with E-state index in [2.05, 4.69) is 34.0 Å². The first kappa shape index (κ1) is 14.9. The molecule has 0 aliphatic heterocycles. The van der Waals surface area contributed by atoms with Crippen molar-refractivity contribution in [1.82, 2.24) is 0 Å². The minimum absolute atomic E-state index is 0.539. The minimum Gasteiger partial charge on any atom is -0.495 e. The molecule has 0 fully saturated rings. The average Bonchev–Trinajstić information content (AvgIpc) is 2.46. The summed E-state index contributed by atoms with van der Waals surface area (Å²) in [6, 6.07) is 13.4. The number of anilines is 1. The molecule has 0 spiro atoms. The highest BCUT2D eigenvalue weighted by Crippen LogP contribution is 2.24. The molecule has 2 aromatic rings. The Balaban J connectivity index is 2.13. The van der Waals surface area contributed by atoms with Crippen LogP contribution in [0.1, 0.15) is 11.1 Å². The summed E-state index contributed by atoms with van der Waals surface area (Å²) in [6.45, 7) is 0.652. The molecule has 0 amide bonds. The summed E-state index contributed by atoms with van der Waals surface area (Å²) in [7, 11) is 1.56. The molecule has 3 nitrogen and oxygen atoms in total. The summed E-state index contributed by atoms with van der Waals surface area (Å²) < 4.78 is 6.26. The summed E-state index contributed by atoms with van der Waals surface area (Å²) in [6.07, 6.45) is 0. The zero-order valence-electron chi connectivity index (χ0n) is 10.8. The fourth-order valence-electron chi connectivity index (χ4n) is 1.77. The van der Waals surface area contributed by atoms with Gasteiger partial charge in [0.1, 0.15) is 11.8 Å². The van der Waals surface area contributed by atoms with Crippen LogP contribution >= 0.6 is 34.2 Å². The highest BCUT2D eigenvalue weighted by molar-refractivity contribution is 14.1. The second kappa shape index (κ2) is 6.82. The van der Waals surface area contributed by atoms with Crippen molar-refractivity contribution in [2.75, 3.05) is 12.4 Å². The van der Waals surface area contributed by atoms with E-state index in [4.69, 9.17) is 21.6 Å². The number of nitrogens with one attached hydrogen (secondary N) is 1. The van der Waals surface area contributed by atoms with Crippen molar-refractivity contribution in [1.29, 1.82) is 5.26 Å². The van der Waals surface area contributed by atoms with Gasteiger partial charge in [0.05, 0.1) is 12.7 Å². The Morgan fingerprint density at radius 2 is 2.10 bits per heavy atom. The van der Waals surface area contributed by atoms with Gasteiger partial charge in [0.25, 0.3) is 0 Å². The number of nitriles is 1. The van der Waals surface area contributed by atoms with Gasteiger partial charge in [-0.1, -0.05) is 17.7 Å². The number of rotatable bonds is 4. The van der Waals surface area contributed by atoms with E-state index < -0.39 is 0 Å². The van der Waals surface area contributed by atoms with Crippen LogP contribution in [0.25, 0.3) is 0 Å². The van der Waals surface area contributed by atoms with Gasteiger partial charge in [-0.05, 0) is 58.5 Å². The molecule has 0 radical (unpaired) electrons. The van der Waals surface area contributed by atoms with Gasteiger partial charge in [-0.3, -0.25) is 0 Å². The lowest BCUT2D eigenvalue weighted by Crippen LogP contribution is -2.01. The monoisotopic (exact) mass is 398 g/mol. The highest BCUT2D eigenvalue weighted by atomic mass is 127. The first-order chi connectivity index (χ1) is 9.63. The SMILES string of the molecule is COc1cc(CNc2ccc(Cl)cc2I)ccc1C#N. The molecule has 1 N–H and O–H groups in total. The largest absolute Gasteiger partial charge is 0.495 e. The van der Waals surface area contributed by atoms with Gasteiger partial charge in [-0.15, -0.1) is 0 Å². The predicted octanol–water partition coefficient (Wildman–Crippen LogP) is 4.44. The zero-order valence-corrected chi connectivity index (χ0v) is 13.7. The van der Waals surface area contributed by atoms with Crippen molar-refractivity contribution < 1.29 is 4.74 Å². The van der Waals surface area contributed by atoms with Crippen LogP contribution in [0.5, 0.6) is 5.75 Å². The minimum atomic E-state index is 0.539. The molecule has 2 aromatic carbocycles. The lowest BCUT2D eigenvalue weighted by Gasteiger charge is -2.10. The first-order valence-electron chi connectivity index (χ1n) is 5.90. The van der Waals surface area contributed by atoms with Gasteiger partial charge in [0.2, 0.25) is 0 Å². The third-order valence-electron chi connectivity index (χ3n) is 2.80. The predicted molar refractivity (Wildman–Crippen MR) is 89.2 cm³/mol. The van der Waals surface area contributed by atoms with E-state index in [0.29, 0.717) is 17.9 Å². The molecule has 2 rings (SSSR count). The topological polar surface area (TPSA) is 45.0 Å². The van der Waals surface area contributed by atoms with Gasteiger partial charge in [0.15, 0.2) is 0 Å². The number of halogens is 2. The van der Waals surface area contributed by atoms with Crippen LogP contribution in [0.3, 0.4) is 0 Å². The van der Waals surface area contributed by atoms with E-state index in [1.54, 1.807) is 13.2 Å². The van der Waals surface area contributed by atoms with Crippen LogP contribution in [0, 0.1) is 14.9 Å². The summed E-state index contributed by atoms with van der Waals surface area (Å²) in [4.78, 5) is 0. The van der Waals surface area contributed by atoms with E-state index in [1.807, 2.05) is 30.3 Å². The maximum absolute atomic E-state index is 8.95. The molecule has 20 heavy (non-hydrogen) atoms. The molecular formula is C15H12ClIN2O. The van der Waals surface area contributed by atoms with Gasteiger partial charge in [-0.25, -0.2) is 0 Å². The van der Waals surface area contributed by atoms with E-state index >= 15 is 0 Å². The van der Waals surface area contributed by atoms with Crippen molar-refractivity contribution in [3.05, 3.63) is 56.1 Å². The Morgan fingerprint density at radius 1 is 1.30 bits per heavy atom. The van der Waals surface area contributed by atoms with Gasteiger partial charge in [-0.2, -0.15) is 5.26 Å². The van der Waals surface area contributed by atoms with Crippen molar-refractivity contribution in [3.8, 4) is 11.8 Å². The van der Waals surface area contributed by atoms with Crippen molar-refractivity contribution in [3.63, 3.8) is 0 Å². The third kappa shape index (κ3) is 3.56. The highest BCUT2D eigenvalue weighted by Gasteiger charge is 2.05. The first-order valence-corrected chi connectivity index (χ1v) is 7.35. The van der Waals surface area contributed by atoms with Crippen LogP contribution in [-0.2, 0) is 6.54 Å². The molecule has 0 aliphatic carbocycles. The van der Waals surface area contributed by atoms with E-state index in [0.717, 1.165) is 19.8 Å². The standard InChI is InChI=1S/C15H12ClIN2O/c1-20-15-6-10(2-3-11(15)8-18)9-19-14-5-4-12(16)7-13(14)17/h2-7,19H,9H2,1H3. The quantitative estimate of drug-likeness (QED) is 0.775. The summed E-state index contributed by atoms with van der Waals surface area (Å²) in [5.74, 6) is 0.595. The Bertz CT molecular complexity index is 667. The number of nitrogens with zero attached hydrogens (tertiary/aromatic N) is 1. The molecule has 0 saturated carbocycles. The van der Waals surface area contributed by atoms with E-state index in [9.17, 15) is 0 Å². The van der Waals surface area contributed by atoms with E-state index in [-0.39, 0.29) is 0 Å². The molecule has 102 valence electrons. The Hall–Kier alpha value is -1.45. The Labute approximate surface area is 136 Å². The molecule has 0 aliphatic rings. The van der Waals surface area contributed by atoms with Crippen LogP contribution < -0.4 is 10.1 Å². The number of hydrogen-bond donors (Lipinski definition) is 1. The smallest absolute Gasteiger partial charge is 0.136 e. The average molecular weight is 399 g/mol. The van der Waals surface area contributed by atoms with Crippen LogP contribution in [0.4, 0.5) is 5.69 Å².